The Morgan fingerprint density at radius 2 is 1.76 bits per heavy atom. The van der Waals surface area contributed by atoms with Crippen molar-refractivity contribution in [3.8, 4) is 0 Å². The summed E-state index contributed by atoms with van der Waals surface area (Å²) in [4.78, 5) is 12.5. The van der Waals surface area contributed by atoms with Crippen LogP contribution < -0.4 is 11.1 Å². The first-order chi connectivity index (χ1) is 13.4. The minimum atomic E-state index is -1.27. The summed E-state index contributed by atoms with van der Waals surface area (Å²) in [6, 6.07) is 14.4. The van der Waals surface area contributed by atoms with Crippen LogP contribution in [0.15, 0.2) is 48.5 Å². The molecule has 1 aliphatic rings. The summed E-state index contributed by atoms with van der Waals surface area (Å²) in [5.41, 5.74) is 6.55. The normalized spacial score (nSPS) is 29.8. The number of nitrogens with two attached hydrogens (primary N) is 1. The van der Waals surface area contributed by atoms with E-state index in [9.17, 15) is 9.90 Å². The summed E-state index contributed by atoms with van der Waals surface area (Å²) in [5.74, 6) is -1.48. The van der Waals surface area contributed by atoms with E-state index in [1.54, 1.807) is 25.1 Å². The van der Waals surface area contributed by atoms with Crippen molar-refractivity contribution in [3.05, 3.63) is 69.7 Å². The van der Waals surface area contributed by atoms with Gasteiger partial charge in [0.2, 0.25) is 0 Å². The highest BCUT2D eigenvalue weighted by molar-refractivity contribution is 6.30. The van der Waals surface area contributed by atoms with Crippen LogP contribution in [-0.4, -0.2) is 22.7 Å². The number of carboxylic acids is 1. The average Bonchev–Trinajstić information content (AvgIpc) is 2.83. The van der Waals surface area contributed by atoms with E-state index < -0.39 is 23.0 Å². The Labute approximate surface area is 182 Å². The molecule has 0 radical (unpaired) electrons. The fourth-order valence-corrected chi connectivity index (χ4v) is 4.99. The molecule has 0 saturated carbocycles. The lowest BCUT2D eigenvalue weighted by Crippen LogP contribution is -2.52. The third kappa shape index (κ3) is 4.04. The number of hydrogen-bond acceptors (Lipinski definition) is 3. The molecule has 4 N–H and O–H groups in total. The SMILES string of the molecule is CC(C)(C)C[C@@H]1N[C@@](C)(C(=O)O)[C@H](c2cccc(Cl)c2)[C@@]1(N)c1ccc(Cl)cc1. The molecule has 29 heavy (non-hydrogen) atoms. The largest absolute Gasteiger partial charge is 0.480 e. The van der Waals surface area contributed by atoms with Gasteiger partial charge >= 0.3 is 5.97 Å². The highest BCUT2D eigenvalue weighted by atomic mass is 35.5. The minimum Gasteiger partial charge on any atom is -0.480 e. The van der Waals surface area contributed by atoms with E-state index in [1.165, 1.54) is 0 Å². The molecule has 156 valence electrons. The number of rotatable bonds is 4. The zero-order valence-corrected chi connectivity index (χ0v) is 18.7. The van der Waals surface area contributed by atoms with Crippen molar-refractivity contribution < 1.29 is 9.90 Å². The lowest BCUT2D eigenvalue weighted by atomic mass is 9.66. The van der Waals surface area contributed by atoms with E-state index in [1.807, 2.05) is 30.3 Å². The van der Waals surface area contributed by atoms with E-state index in [2.05, 4.69) is 26.1 Å². The van der Waals surface area contributed by atoms with Gasteiger partial charge in [0.05, 0.1) is 5.54 Å². The Morgan fingerprint density at radius 1 is 1.14 bits per heavy atom. The van der Waals surface area contributed by atoms with Gasteiger partial charge in [-0.2, -0.15) is 0 Å². The molecule has 1 fully saturated rings. The van der Waals surface area contributed by atoms with E-state index in [4.69, 9.17) is 28.9 Å². The number of nitrogens with one attached hydrogen (secondary N) is 1. The van der Waals surface area contributed by atoms with Crippen LogP contribution in [-0.2, 0) is 10.3 Å². The Bertz CT molecular complexity index is 910. The molecule has 0 aliphatic carbocycles. The Kier molecular flexibility index (Phi) is 5.78. The fourth-order valence-electron chi connectivity index (χ4n) is 4.66. The van der Waals surface area contributed by atoms with Crippen molar-refractivity contribution in [2.24, 2.45) is 11.1 Å². The molecule has 0 spiro atoms. The lowest BCUT2D eigenvalue weighted by Gasteiger charge is -2.40. The molecule has 1 saturated heterocycles. The van der Waals surface area contributed by atoms with Gasteiger partial charge in [-0.05, 0) is 54.2 Å². The zero-order valence-electron chi connectivity index (χ0n) is 17.2. The minimum absolute atomic E-state index is 0.0582. The molecule has 4 nitrogen and oxygen atoms in total. The van der Waals surface area contributed by atoms with Crippen molar-refractivity contribution >= 4 is 29.2 Å². The Hall–Kier alpha value is -1.59. The monoisotopic (exact) mass is 434 g/mol. The molecule has 4 atom stereocenters. The van der Waals surface area contributed by atoms with Gasteiger partial charge in [-0.25, -0.2) is 0 Å². The van der Waals surface area contributed by atoms with Crippen molar-refractivity contribution in [2.45, 2.75) is 57.2 Å². The summed E-state index contributed by atoms with van der Waals surface area (Å²) in [7, 11) is 0. The van der Waals surface area contributed by atoms with Gasteiger partial charge in [-0.1, -0.05) is 68.2 Å². The molecular formula is C23H28Cl2N2O2. The third-order valence-corrected chi connectivity index (χ3v) is 6.38. The first-order valence-corrected chi connectivity index (χ1v) is 10.4. The van der Waals surface area contributed by atoms with Crippen LogP contribution in [0.5, 0.6) is 0 Å². The quantitative estimate of drug-likeness (QED) is 0.619. The van der Waals surface area contributed by atoms with Gasteiger partial charge < -0.3 is 10.8 Å². The number of halogens is 2. The fraction of sp³-hybridized carbons (Fsp3) is 0.435. The summed E-state index contributed by atoms with van der Waals surface area (Å²) in [6.45, 7) is 8.09. The summed E-state index contributed by atoms with van der Waals surface area (Å²) in [5, 5.41) is 14.8. The molecule has 0 unspecified atom stereocenters. The van der Waals surface area contributed by atoms with E-state index in [0.29, 0.717) is 16.5 Å². The summed E-state index contributed by atoms with van der Waals surface area (Å²) < 4.78 is 0. The topological polar surface area (TPSA) is 75.3 Å². The molecule has 0 bridgehead atoms. The van der Waals surface area contributed by atoms with E-state index in [0.717, 1.165) is 11.1 Å². The van der Waals surface area contributed by atoms with Crippen LogP contribution in [0, 0.1) is 5.41 Å². The number of hydrogen-bond donors (Lipinski definition) is 3. The van der Waals surface area contributed by atoms with Gasteiger partial charge in [-0.15, -0.1) is 0 Å². The van der Waals surface area contributed by atoms with Crippen LogP contribution in [0.4, 0.5) is 0 Å². The zero-order chi connectivity index (χ0) is 21.6. The molecule has 1 heterocycles. The van der Waals surface area contributed by atoms with Crippen LogP contribution in [0.3, 0.4) is 0 Å². The first kappa shape index (κ1) is 22.1. The highest BCUT2D eigenvalue weighted by Gasteiger charge is 2.63. The molecule has 1 aliphatic heterocycles. The highest BCUT2D eigenvalue weighted by Crippen LogP contribution is 2.52. The summed E-state index contributed by atoms with van der Waals surface area (Å²) >= 11 is 12.4. The molecule has 0 aromatic heterocycles. The van der Waals surface area contributed by atoms with Crippen LogP contribution in [0.1, 0.15) is 51.2 Å². The molecule has 2 aromatic carbocycles. The van der Waals surface area contributed by atoms with E-state index in [-0.39, 0.29) is 11.5 Å². The standard InChI is InChI=1S/C23H28Cl2N2O2/c1-21(2,3)13-18-23(26,15-8-10-16(24)11-9-15)19(22(4,27-18)20(28)29)14-6-5-7-17(25)12-14/h5-12,18-19,27H,13,26H2,1-4H3,(H,28,29)/t18-,19-,22+,23+/m0/s1. The molecule has 3 rings (SSSR count). The van der Waals surface area contributed by atoms with Crippen molar-refractivity contribution in [3.63, 3.8) is 0 Å². The predicted molar refractivity (Wildman–Crippen MR) is 119 cm³/mol. The second-order valence-corrected chi connectivity index (χ2v) is 10.3. The van der Waals surface area contributed by atoms with Crippen molar-refractivity contribution in [1.82, 2.24) is 5.32 Å². The van der Waals surface area contributed by atoms with Crippen LogP contribution in [0.25, 0.3) is 0 Å². The second-order valence-electron chi connectivity index (χ2n) is 9.40. The maximum Gasteiger partial charge on any atom is 0.324 e. The maximum atomic E-state index is 12.5. The maximum absolute atomic E-state index is 12.5. The third-order valence-electron chi connectivity index (χ3n) is 5.89. The van der Waals surface area contributed by atoms with Gasteiger partial charge in [0.25, 0.3) is 0 Å². The summed E-state index contributed by atoms with van der Waals surface area (Å²) in [6.07, 6.45) is 0.700. The second kappa shape index (κ2) is 7.59. The number of aliphatic carboxylic acids is 1. The predicted octanol–water partition coefficient (Wildman–Crippen LogP) is 5.18. The van der Waals surface area contributed by atoms with Crippen LogP contribution in [0.2, 0.25) is 10.0 Å². The van der Waals surface area contributed by atoms with Crippen molar-refractivity contribution in [2.75, 3.05) is 0 Å². The molecule has 2 aromatic rings. The average molecular weight is 435 g/mol. The van der Waals surface area contributed by atoms with Crippen LogP contribution >= 0.6 is 23.2 Å². The Balaban J connectivity index is 2.27. The number of carboxylic acid groups (broad SMARTS) is 1. The number of carbonyl (C=O) groups is 1. The first-order valence-electron chi connectivity index (χ1n) is 9.69. The number of benzene rings is 2. The van der Waals surface area contributed by atoms with Gasteiger partial charge in [0.15, 0.2) is 0 Å². The lowest BCUT2D eigenvalue weighted by molar-refractivity contribution is -0.144. The molecule has 0 amide bonds. The Morgan fingerprint density at radius 3 is 2.28 bits per heavy atom. The van der Waals surface area contributed by atoms with Crippen molar-refractivity contribution in [1.29, 1.82) is 0 Å². The molecular weight excluding hydrogens is 407 g/mol. The van der Waals surface area contributed by atoms with Gasteiger partial charge in [0, 0.05) is 22.0 Å². The van der Waals surface area contributed by atoms with E-state index >= 15 is 0 Å². The molecule has 6 heteroatoms. The van der Waals surface area contributed by atoms with Gasteiger partial charge in [0.1, 0.15) is 5.54 Å². The smallest absolute Gasteiger partial charge is 0.324 e. The van der Waals surface area contributed by atoms with Gasteiger partial charge in [-0.3, -0.25) is 10.1 Å².